The van der Waals surface area contributed by atoms with Gasteiger partial charge in [0.1, 0.15) is 0 Å². The van der Waals surface area contributed by atoms with E-state index in [0.717, 1.165) is 16.7 Å². The van der Waals surface area contributed by atoms with E-state index in [1.807, 2.05) is 36.4 Å². The number of rotatable bonds is 6. The van der Waals surface area contributed by atoms with Gasteiger partial charge < -0.3 is 19.7 Å². The van der Waals surface area contributed by atoms with Crippen LogP contribution < -0.4 is 0 Å². The highest BCUT2D eigenvalue weighted by molar-refractivity contribution is 6.30. The summed E-state index contributed by atoms with van der Waals surface area (Å²) in [4.78, 5) is 11.4. The first-order chi connectivity index (χ1) is 12.5. The van der Waals surface area contributed by atoms with E-state index in [1.54, 1.807) is 18.2 Å². The lowest BCUT2D eigenvalue weighted by Gasteiger charge is -2.28. The predicted molar refractivity (Wildman–Crippen MR) is 96.6 cm³/mol. The lowest BCUT2D eigenvalue weighted by molar-refractivity contribution is -0.159. The lowest BCUT2D eigenvalue weighted by Crippen LogP contribution is -2.26. The summed E-state index contributed by atoms with van der Waals surface area (Å²) in [7, 11) is 0. The van der Waals surface area contributed by atoms with E-state index >= 15 is 0 Å². The molecule has 0 aromatic heterocycles. The highest BCUT2D eigenvalue weighted by atomic mass is 35.5. The van der Waals surface area contributed by atoms with Gasteiger partial charge in [0, 0.05) is 17.4 Å². The summed E-state index contributed by atoms with van der Waals surface area (Å²) in [6.45, 7) is 0.277. The number of carbonyl (C=O) groups is 1. The molecular formula is C20H19ClO5. The smallest absolute Gasteiger partial charge is 0.370 e. The van der Waals surface area contributed by atoms with Crippen LogP contribution in [0.1, 0.15) is 29.0 Å². The van der Waals surface area contributed by atoms with Crippen molar-refractivity contribution in [3.63, 3.8) is 0 Å². The molecule has 136 valence electrons. The Balaban J connectivity index is 1.70. The molecule has 5 nitrogen and oxygen atoms in total. The van der Waals surface area contributed by atoms with Crippen molar-refractivity contribution in [3.05, 3.63) is 82.1 Å². The molecule has 0 fully saturated rings. The quantitative estimate of drug-likeness (QED) is 0.803. The number of carboxylic acid groups (broad SMARTS) is 1. The van der Waals surface area contributed by atoms with Crippen molar-refractivity contribution in [2.24, 2.45) is 0 Å². The number of carboxylic acids is 1. The molecule has 0 unspecified atom stereocenters. The highest BCUT2D eigenvalue weighted by Crippen LogP contribution is 2.32. The molecule has 0 aliphatic carbocycles. The van der Waals surface area contributed by atoms with Crippen LogP contribution in [0.4, 0.5) is 0 Å². The number of aliphatic hydroxyl groups is 1. The van der Waals surface area contributed by atoms with E-state index in [2.05, 4.69) is 0 Å². The maximum atomic E-state index is 11.4. The first kappa shape index (κ1) is 18.5. The Morgan fingerprint density at radius 1 is 1.12 bits per heavy atom. The molecule has 6 heteroatoms. The third-order valence-electron chi connectivity index (χ3n) is 4.21. The van der Waals surface area contributed by atoms with Gasteiger partial charge in [-0.3, -0.25) is 0 Å². The van der Waals surface area contributed by atoms with Gasteiger partial charge in [0.2, 0.25) is 12.0 Å². The van der Waals surface area contributed by atoms with Gasteiger partial charge in [0.25, 0.3) is 0 Å². The van der Waals surface area contributed by atoms with E-state index < -0.39 is 12.3 Å². The molecule has 3 rings (SSSR count). The number of ether oxygens (including phenoxy) is 2. The fraction of sp³-hybridized carbons (Fsp3) is 0.250. The second-order valence-corrected chi connectivity index (χ2v) is 6.50. The first-order valence-electron chi connectivity index (χ1n) is 8.22. The largest absolute Gasteiger partial charge is 0.475 e. The molecule has 2 atom stereocenters. The molecule has 0 saturated heterocycles. The average molecular weight is 375 g/mol. The number of benzene rings is 2. The summed E-state index contributed by atoms with van der Waals surface area (Å²) in [5.41, 5.74) is 2.69. The Bertz CT molecular complexity index is 783. The number of hydrogen-bond donors (Lipinski definition) is 2. The van der Waals surface area contributed by atoms with Gasteiger partial charge in [0.05, 0.1) is 13.2 Å². The third kappa shape index (κ3) is 4.64. The molecule has 0 spiro atoms. The minimum absolute atomic E-state index is 0.0115. The van der Waals surface area contributed by atoms with E-state index in [1.165, 1.54) is 0 Å². The monoisotopic (exact) mass is 374 g/mol. The van der Waals surface area contributed by atoms with Crippen LogP contribution >= 0.6 is 11.6 Å². The Kier molecular flexibility index (Phi) is 5.93. The fourth-order valence-electron chi connectivity index (χ4n) is 2.78. The van der Waals surface area contributed by atoms with E-state index in [-0.39, 0.29) is 24.9 Å². The fourth-order valence-corrected chi connectivity index (χ4v) is 2.91. The van der Waals surface area contributed by atoms with Crippen molar-refractivity contribution in [2.75, 3.05) is 0 Å². The summed E-state index contributed by atoms with van der Waals surface area (Å²) in [5, 5.41) is 19.0. The maximum absolute atomic E-state index is 11.4. The molecule has 1 aliphatic rings. The van der Waals surface area contributed by atoms with Gasteiger partial charge in [0.15, 0.2) is 0 Å². The second kappa shape index (κ2) is 8.36. The average Bonchev–Trinajstić information content (AvgIpc) is 2.67. The summed E-state index contributed by atoms with van der Waals surface area (Å²) < 4.78 is 11.2. The summed E-state index contributed by atoms with van der Waals surface area (Å²) in [5.74, 6) is -1.37. The topological polar surface area (TPSA) is 76.0 Å². The zero-order valence-corrected chi connectivity index (χ0v) is 14.7. The molecule has 0 saturated carbocycles. The van der Waals surface area contributed by atoms with Crippen LogP contribution in [-0.2, 0) is 27.5 Å². The van der Waals surface area contributed by atoms with Gasteiger partial charge in [-0.15, -0.1) is 0 Å². The van der Waals surface area contributed by atoms with Crippen LogP contribution in [0, 0.1) is 0 Å². The Morgan fingerprint density at radius 2 is 1.77 bits per heavy atom. The van der Waals surface area contributed by atoms with Gasteiger partial charge in [-0.1, -0.05) is 48.0 Å². The zero-order chi connectivity index (χ0) is 18.5. The van der Waals surface area contributed by atoms with Gasteiger partial charge >= 0.3 is 5.97 Å². The van der Waals surface area contributed by atoms with Crippen LogP contribution in [0.15, 0.2) is 60.4 Å². The number of aliphatic hydroxyl groups excluding tert-OH is 1. The number of allylic oxidation sites excluding steroid dienone is 1. The Hall–Kier alpha value is -2.34. The van der Waals surface area contributed by atoms with Crippen LogP contribution in [-0.4, -0.2) is 22.5 Å². The van der Waals surface area contributed by atoms with E-state index in [9.17, 15) is 9.90 Å². The van der Waals surface area contributed by atoms with Crippen molar-refractivity contribution < 1.29 is 24.5 Å². The summed E-state index contributed by atoms with van der Waals surface area (Å²) in [6, 6.07) is 14.7. The van der Waals surface area contributed by atoms with E-state index in [0.29, 0.717) is 11.4 Å². The molecule has 2 aromatic rings. The second-order valence-electron chi connectivity index (χ2n) is 6.06. The van der Waals surface area contributed by atoms with Crippen LogP contribution in [0.5, 0.6) is 0 Å². The first-order valence-corrected chi connectivity index (χ1v) is 8.60. The SMILES string of the molecule is O=C(O)C1=C[C@@H](c2ccc(Cl)cc2)C[C@@H](OCc2ccc(CO)cc2)O1. The molecule has 0 amide bonds. The third-order valence-corrected chi connectivity index (χ3v) is 4.46. The summed E-state index contributed by atoms with van der Waals surface area (Å²) in [6.07, 6.45) is 1.44. The van der Waals surface area contributed by atoms with Crippen molar-refractivity contribution in [2.45, 2.75) is 31.8 Å². The molecule has 26 heavy (non-hydrogen) atoms. The minimum Gasteiger partial charge on any atom is -0.475 e. The van der Waals surface area contributed by atoms with Crippen molar-refractivity contribution >= 4 is 17.6 Å². The van der Waals surface area contributed by atoms with Crippen LogP contribution in [0.3, 0.4) is 0 Å². The molecule has 0 bridgehead atoms. The highest BCUT2D eigenvalue weighted by Gasteiger charge is 2.28. The van der Waals surface area contributed by atoms with Crippen LogP contribution in [0.2, 0.25) is 5.02 Å². The van der Waals surface area contributed by atoms with Gasteiger partial charge in [-0.05, 0) is 34.9 Å². The van der Waals surface area contributed by atoms with Crippen molar-refractivity contribution in [3.8, 4) is 0 Å². The van der Waals surface area contributed by atoms with Gasteiger partial charge in [-0.2, -0.15) is 0 Å². The molecule has 1 aliphatic heterocycles. The number of aliphatic carboxylic acids is 1. The normalized spacial score (nSPS) is 19.5. The molecule has 2 N–H and O–H groups in total. The van der Waals surface area contributed by atoms with Gasteiger partial charge in [-0.25, -0.2) is 4.79 Å². The van der Waals surface area contributed by atoms with Crippen molar-refractivity contribution in [1.82, 2.24) is 0 Å². The molecule has 2 aromatic carbocycles. The Labute approximate surface area is 156 Å². The van der Waals surface area contributed by atoms with E-state index in [4.69, 9.17) is 26.2 Å². The molecular weight excluding hydrogens is 356 g/mol. The minimum atomic E-state index is -1.12. The molecule has 0 radical (unpaired) electrons. The summed E-state index contributed by atoms with van der Waals surface area (Å²) >= 11 is 5.92. The maximum Gasteiger partial charge on any atom is 0.370 e. The number of halogens is 1. The van der Waals surface area contributed by atoms with Crippen molar-refractivity contribution in [1.29, 1.82) is 0 Å². The standard InChI is InChI=1S/C20H19ClO5/c21-17-7-5-15(6-8-17)16-9-18(20(23)24)26-19(10-16)25-12-14-3-1-13(11-22)2-4-14/h1-9,16,19,22H,10-12H2,(H,23,24)/t16-,19+/m1/s1. The predicted octanol–water partition coefficient (Wildman–Crippen LogP) is 3.85. The van der Waals surface area contributed by atoms with Crippen LogP contribution in [0.25, 0.3) is 0 Å². The Morgan fingerprint density at radius 3 is 2.38 bits per heavy atom. The lowest BCUT2D eigenvalue weighted by atomic mass is 9.93. The number of hydrogen-bond acceptors (Lipinski definition) is 4. The zero-order valence-electron chi connectivity index (χ0n) is 14.0. The molecule has 1 heterocycles.